The molecule has 146 valence electrons. The molecule has 0 aromatic heterocycles. The Morgan fingerprint density at radius 3 is 2.54 bits per heavy atom. The maximum absolute atomic E-state index is 11.9. The fourth-order valence-corrected chi connectivity index (χ4v) is 6.74. The molecule has 1 heterocycles. The summed E-state index contributed by atoms with van der Waals surface area (Å²) in [7, 11) is 0. The number of hydrogen-bond donors (Lipinski definition) is 3. The zero-order chi connectivity index (χ0) is 19.4. The van der Waals surface area contributed by atoms with E-state index in [9.17, 15) is 19.8 Å². The van der Waals surface area contributed by atoms with Crippen LogP contribution in [0.2, 0.25) is 0 Å². The Labute approximate surface area is 160 Å². The zero-order valence-electron chi connectivity index (χ0n) is 15.8. The van der Waals surface area contributed by atoms with Crippen LogP contribution in [0.3, 0.4) is 0 Å². The summed E-state index contributed by atoms with van der Waals surface area (Å²) in [5.41, 5.74) is 0.490. The van der Waals surface area contributed by atoms with Crippen LogP contribution in [0.5, 0.6) is 0 Å². The van der Waals surface area contributed by atoms with Crippen molar-refractivity contribution >= 4 is 23.4 Å². The SMILES string of the molecule is C=C1[C@@H](O)C[C@H]2C(C)(C)C[C@H](Cl)C[C@@]2(C)[C@H]1C[C@H](O)[C@H]1CC(=O)NC1=O. The van der Waals surface area contributed by atoms with E-state index < -0.39 is 24.0 Å². The van der Waals surface area contributed by atoms with Crippen LogP contribution in [0.25, 0.3) is 0 Å². The highest BCUT2D eigenvalue weighted by Gasteiger charge is 2.57. The Morgan fingerprint density at radius 2 is 1.96 bits per heavy atom. The monoisotopic (exact) mass is 383 g/mol. The molecule has 2 amide bonds. The second-order valence-corrected chi connectivity index (χ2v) is 10.1. The van der Waals surface area contributed by atoms with Gasteiger partial charge in [0.25, 0.3) is 0 Å². The molecule has 0 radical (unpaired) electrons. The minimum absolute atomic E-state index is 0.0194. The van der Waals surface area contributed by atoms with Crippen molar-refractivity contribution in [1.82, 2.24) is 5.32 Å². The highest BCUT2D eigenvalue weighted by Crippen LogP contribution is 2.62. The molecule has 0 aromatic rings. The van der Waals surface area contributed by atoms with E-state index in [0.717, 1.165) is 12.8 Å². The number of alkyl halides is 1. The van der Waals surface area contributed by atoms with Gasteiger partial charge in [-0.15, -0.1) is 11.6 Å². The molecular weight excluding hydrogens is 354 g/mol. The number of aliphatic hydroxyl groups excluding tert-OH is 2. The van der Waals surface area contributed by atoms with E-state index >= 15 is 0 Å². The fraction of sp³-hybridized carbons (Fsp3) is 0.800. The lowest BCUT2D eigenvalue weighted by Gasteiger charge is -2.60. The first-order valence-electron chi connectivity index (χ1n) is 9.48. The Morgan fingerprint density at radius 1 is 1.31 bits per heavy atom. The van der Waals surface area contributed by atoms with Crippen molar-refractivity contribution in [3.05, 3.63) is 12.2 Å². The number of hydrogen-bond acceptors (Lipinski definition) is 4. The van der Waals surface area contributed by atoms with Gasteiger partial charge in [0.15, 0.2) is 0 Å². The number of imide groups is 1. The number of carbonyl (C=O) groups is 2. The number of halogens is 1. The molecule has 26 heavy (non-hydrogen) atoms. The lowest BCUT2D eigenvalue weighted by molar-refractivity contribution is -0.128. The van der Waals surface area contributed by atoms with Gasteiger partial charge >= 0.3 is 0 Å². The summed E-state index contributed by atoms with van der Waals surface area (Å²) in [5.74, 6) is -1.37. The lowest BCUT2D eigenvalue weighted by atomic mass is 9.46. The van der Waals surface area contributed by atoms with Gasteiger partial charge < -0.3 is 10.2 Å². The summed E-state index contributed by atoms with van der Waals surface area (Å²) in [6, 6.07) is 0. The van der Waals surface area contributed by atoms with Crippen molar-refractivity contribution in [3.8, 4) is 0 Å². The van der Waals surface area contributed by atoms with Crippen molar-refractivity contribution in [1.29, 1.82) is 0 Å². The van der Waals surface area contributed by atoms with Crippen LogP contribution in [-0.2, 0) is 9.59 Å². The number of nitrogens with one attached hydrogen (secondary N) is 1. The minimum atomic E-state index is -0.940. The standard InChI is InChI=1S/C20H30ClNO4/c1-10-13(6-15(24)12-5-17(25)22-18(12)26)20(4)9-11(21)8-19(2,3)16(20)7-14(10)23/h11-16,23-24H,1,5-9H2,2-4H3,(H,22,25,26)/t11-,12+,13-,14-,15-,16-,20-/m0/s1. The fourth-order valence-electron chi connectivity index (χ4n) is 6.01. The van der Waals surface area contributed by atoms with E-state index in [-0.39, 0.29) is 40.4 Å². The summed E-state index contributed by atoms with van der Waals surface area (Å²) in [6.45, 7) is 10.7. The molecule has 3 rings (SSSR count). The number of amides is 2. The van der Waals surface area contributed by atoms with E-state index in [1.165, 1.54) is 0 Å². The Hall–Kier alpha value is -0.910. The van der Waals surface area contributed by atoms with Crippen molar-refractivity contribution in [2.45, 2.75) is 70.5 Å². The highest BCUT2D eigenvalue weighted by molar-refractivity contribution is 6.20. The largest absolute Gasteiger partial charge is 0.392 e. The van der Waals surface area contributed by atoms with E-state index in [4.69, 9.17) is 11.6 Å². The second kappa shape index (κ2) is 6.61. The third-order valence-electron chi connectivity index (χ3n) is 7.23. The maximum Gasteiger partial charge on any atom is 0.232 e. The highest BCUT2D eigenvalue weighted by atomic mass is 35.5. The van der Waals surface area contributed by atoms with Gasteiger partial charge in [-0.2, -0.15) is 0 Å². The molecule has 3 aliphatic rings. The lowest BCUT2D eigenvalue weighted by Crippen LogP contribution is -2.55. The molecule has 0 bridgehead atoms. The molecule has 3 N–H and O–H groups in total. The Bertz CT molecular complexity index is 633. The molecule has 0 unspecified atom stereocenters. The third-order valence-corrected chi connectivity index (χ3v) is 7.53. The maximum atomic E-state index is 11.9. The second-order valence-electron chi connectivity index (χ2n) is 9.46. The summed E-state index contributed by atoms with van der Waals surface area (Å²) in [6.07, 6.45) is 1.12. The van der Waals surface area contributed by atoms with Crippen LogP contribution in [0, 0.1) is 28.6 Å². The van der Waals surface area contributed by atoms with E-state index in [1.54, 1.807) is 0 Å². The Balaban J connectivity index is 1.89. The van der Waals surface area contributed by atoms with Crippen molar-refractivity contribution in [2.24, 2.45) is 28.6 Å². The average Bonchev–Trinajstić information content (AvgIpc) is 2.84. The first-order chi connectivity index (χ1) is 12.0. The van der Waals surface area contributed by atoms with Crippen LogP contribution in [0.1, 0.15) is 52.9 Å². The number of rotatable bonds is 3. The van der Waals surface area contributed by atoms with Gasteiger partial charge in [0.05, 0.1) is 18.1 Å². The van der Waals surface area contributed by atoms with Crippen molar-refractivity contribution < 1.29 is 19.8 Å². The van der Waals surface area contributed by atoms with Gasteiger partial charge in [0.1, 0.15) is 0 Å². The van der Waals surface area contributed by atoms with Crippen LogP contribution >= 0.6 is 11.6 Å². The van der Waals surface area contributed by atoms with Gasteiger partial charge in [-0.05, 0) is 53.9 Å². The number of carbonyl (C=O) groups excluding carboxylic acids is 2. The molecule has 1 saturated heterocycles. The first kappa shape index (κ1) is 19.8. The van der Waals surface area contributed by atoms with E-state index in [0.29, 0.717) is 18.4 Å². The van der Waals surface area contributed by atoms with Crippen LogP contribution < -0.4 is 5.32 Å². The number of fused-ring (bicyclic) bond motifs is 1. The van der Waals surface area contributed by atoms with Gasteiger partial charge in [-0.25, -0.2) is 0 Å². The summed E-state index contributed by atoms with van der Waals surface area (Å²) >= 11 is 6.60. The van der Waals surface area contributed by atoms with Crippen molar-refractivity contribution in [3.63, 3.8) is 0 Å². The molecule has 1 aliphatic heterocycles. The van der Waals surface area contributed by atoms with Crippen LogP contribution in [0.4, 0.5) is 0 Å². The molecule has 5 nitrogen and oxygen atoms in total. The molecule has 0 spiro atoms. The van der Waals surface area contributed by atoms with E-state index in [2.05, 4.69) is 32.7 Å². The number of aliphatic hydroxyl groups is 2. The topological polar surface area (TPSA) is 86.6 Å². The average molecular weight is 384 g/mol. The summed E-state index contributed by atoms with van der Waals surface area (Å²) in [4.78, 5) is 23.4. The normalized spacial score (nSPS) is 43.8. The van der Waals surface area contributed by atoms with Gasteiger partial charge in [0, 0.05) is 11.8 Å². The van der Waals surface area contributed by atoms with Gasteiger partial charge in [-0.1, -0.05) is 27.4 Å². The van der Waals surface area contributed by atoms with Gasteiger partial charge in [0.2, 0.25) is 11.8 Å². The van der Waals surface area contributed by atoms with Crippen LogP contribution in [-0.4, -0.2) is 39.6 Å². The molecule has 6 heteroatoms. The quantitative estimate of drug-likeness (QED) is 0.396. The molecule has 0 aromatic carbocycles. The Kier molecular flexibility index (Phi) is 5.04. The van der Waals surface area contributed by atoms with E-state index in [1.807, 2.05) is 0 Å². The first-order valence-corrected chi connectivity index (χ1v) is 9.92. The smallest absolute Gasteiger partial charge is 0.232 e. The molecular formula is C20H30ClNO4. The van der Waals surface area contributed by atoms with Crippen molar-refractivity contribution in [2.75, 3.05) is 0 Å². The van der Waals surface area contributed by atoms with Gasteiger partial charge in [-0.3, -0.25) is 14.9 Å². The molecule has 2 saturated carbocycles. The predicted molar refractivity (Wildman–Crippen MR) is 99.4 cm³/mol. The molecule has 3 fully saturated rings. The molecule has 7 atom stereocenters. The third kappa shape index (κ3) is 3.23. The van der Waals surface area contributed by atoms with Crippen LogP contribution in [0.15, 0.2) is 12.2 Å². The molecule has 2 aliphatic carbocycles. The predicted octanol–water partition coefficient (Wildman–Crippen LogP) is 2.39. The minimum Gasteiger partial charge on any atom is -0.392 e. The zero-order valence-corrected chi connectivity index (χ0v) is 16.6. The summed E-state index contributed by atoms with van der Waals surface area (Å²) in [5, 5.41) is 23.6. The summed E-state index contributed by atoms with van der Waals surface area (Å²) < 4.78 is 0.